The number of aromatic nitrogens is 2. The van der Waals surface area contributed by atoms with Crippen LogP contribution in [0.2, 0.25) is 0 Å². The fourth-order valence-corrected chi connectivity index (χ4v) is 4.05. The van der Waals surface area contributed by atoms with Gasteiger partial charge in [0, 0.05) is 0 Å². The Morgan fingerprint density at radius 3 is 2.67 bits per heavy atom. The Balaban J connectivity index is 2.04. The van der Waals surface area contributed by atoms with Crippen LogP contribution in [0.15, 0.2) is 23.0 Å². The lowest BCUT2D eigenvalue weighted by Crippen LogP contribution is -2.10. The van der Waals surface area contributed by atoms with Crippen molar-refractivity contribution >= 4 is 50.2 Å². The van der Waals surface area contributed by atoms with Crippen LogP contribution in [0.4, 0.5) is 8.78 Å². The summed E-state index contributed by atoms with van der Waals surface area (Å²) in [6, 6.07) is 4.33. The first-order chi connectivity index (χ1) is 14.2. The number of benzene rings is 1. The number of methoxy groups -OCH3 is 2. The van der Waals surface area contributed by atoms with E-state index in [4.69, 9.17) is 21.1 Å². The SMILES string of the molecule is COC(=O)c1sc2nc(/C(Cl)=C/c3ccc(OC)c(OC(F)F)c3)[nH]c(=O)c2c1C. The second-order valence-corrected chi connectivity index (χ2v) is 7.33. The Hall–Kier alpha value is -2.98. The molecule has 0 bridgehead atoms. The van der Waals surface area contributed by atoms with E-state index in [1.807, 2.05) is 0 Å². The second-order valence-electron chi connectivity index (χ2n) is 5.92. The van der Waals surface area contributed by atoms with E-state index in [0.29, 0.717) is 16.0 Å². The molecule has 0 spiro atoms. The van der Waals surface area contributed by atoms with Crippen LogP contribution in [0.25, 0.3) is 21.3 Å². The van der Waals surface area contributed by atoms with E-state index >= 15 is 0 Å². The Labute approximate surface area is 177 Å². The van der Waals surface area contributed by atoms with Gasteiger partial charge in [0.15, 0.2) is 17.3 Å². The molecule has 0 radical (unpaired) electrons. The predicted molar refractivity (Wildman–Crippen MR) is 110 cm³/mol. The minimum Gasteiger partial charge on any atom is -0.493 e. The van der Waals surface area contributed by atoms with E-state index in [0.717, 1.165) is 11.3 Å². The van der Waals surface area contributed by atoms with Crippen LogP contribution in [0, 0.1) is 6.92 Å². The van der Waals surface area contributed by atoms with E-state index in [9.17, 15) is 18.4 Å². The fourth-order valence-electron chi connectivity index (χ4n) is 2.73. The summed E-state index contributed by atoms with van der Waals surface area (Å²) in [5.41, 5.74) is 0.407. The van der Waals surface area contributed by atoms with Gasteiger partial charge in [-0.1, -0.05) is 17.7 Å². The maximum Gasteiger partial charge on any atom is 0.387 e. The van der Waals surface area contributed by atoms with Crippen LogP contribution >= 0.6 is 22.9 Å². The first kappa shape index (κ1) is 21.7. The van der Waals surface area contributed by atoms with Gasteiger partial charge in [0.25, 0.3) is 5.56 Å². The number of thiophene rings is 1. The summed E-state index contributed by atoms with van der Waals surface area (Å²) < 4.78 is 39.4. The molecule has 0 saturated carbocycles. The van der Waals surface area contributed by atoms with Gasteiger partial charge in [-0.3, -0.25) is 4.79 Å². The number of esters is 1. The zero-order valence-corrected chi connectivity index (χ0v) is 17.5. The van der Waals surface area contributed by atoms with Crippen molar-refractivity contribution in [1.29, 1.82) is 0 Å². The molecule has 2 heterocycles. The third-order valence-electron chi connectivity index (χ3n) is 4.09. The zero-order chi connectivity index (χ0) is 22.0. The van der Waals surface area contributed by atoms with Crippen molar-refractivity contribution in [1.82, 2.24) is 9.97 Å². The topological polar surface area (TPSA) is 90.5 Å². The number of aromatic amines is 1. The molecule has 1 aromatic carbocycles. The van der Waals surface area contributed by atoms with Crippen LogP contribution in [-0.4, -0.2) is 36.8 Å². The Kier molecular flexibility index (Phi) is 6.37. The maximum atomic E-state index is 12.6. The van der Waals surface area contributed by atoms with Crippen molar-refractivity contribution in [3.8, 4) is 11.5 Å². The summed E-state index contributed by atoms with van der Waals surface area (Å²) in [6.45, 7) is -1.40. The van der Waals surface area contributed by atoms with E-state index in [1.54, 1.807) is 13.0 Å². The fraction of sp³-hybridized carbons (Fsp3) is 0.211. The number of nitrogens with zero attached hydrogens (tertiary/aromatic N) is 1. The van der Waals surface area contributed by atoms with Crippen molar-refractivity contribution in [2.24, 2.45) is 0 Å². The molecule has 3 aromatic rings. The highest BCUT2D eigenvalue weighted by molar-refractivity contribution is 7.20. The van der Waals surface area contributed by atoms with Crippen molar-refractivity contribution < 1.29 is 27.8 Å². The van der Waals surface area contributed by atoms with Crippen LogP contribution < -0.4 is 15.0 Å². The van der Waals surface area contributed by atoms with Gasteiger partial charge >= 0.3 is 12.6 Å². The summed E-state index contributed by atoms with van der Waals surface area (Å²) in [5.74, 6) is -0.554. The number of H-pyrrole nitrogens is 1. The predicted octanol–water partition coefficient (Wildman–Crippen LogP) is 4.43. The lowest BCUT2D eigenvalue weighted by molar-refractivity contribution is -0.0512. The molecule has 0 amide bonds. The summed E-state index contributed by atoms with van der Waals surface area (Å²) >= 11 is 7.31. The standard InChI is InChI=1S/C19H15ClF2N2O5S/c1-8-13-16(25)23-15(24-17(13)30-14(8)18(26)28-3)10(20)6-9-4-5-11(27-2)12(7-9)29-19(21)22/h4-7,19H,1-3H3,(H,23,24,25)/b10-6-. The number of ether oxygens (including phenoxy) is 3. The first-order valence-electron chi connectivity index (χ1n) is 8.37. The lowest BCUT2D eigenvalue weighted by atomic mass is 10.2. The molecule has 7 nitrogen and oxygen atoms in total. The maximum absolute atomic E-state index is 12.6. The van der Waals surface area contributed by atoms with E-state index in [2.05, 4.69) is 14.7 Å². The molecule has 1 N–H and O–H groups in total. The number of halogens is 3. The minimum atomic E-state index is -3.03. The molecule has 3 rings (SSSR count). The molecular formula is C19H15ClF2N2O5S. The van der Waals surface area contributed by atoms with Gasteiger partial charge in [-0.15, -0.1) is 11.3 Å². The molecular weight excluding hydrogens is 442 g/mol. The molecule has 2 aromatic heterocycles. The molecule has 0 atom stereocenters. The average Bonchev–Trinajstić information content (AvgIpc) is 3.04. The lowest BCUT2D eigenvalue weighted by Gasteiger charge is -2.10. The zero-order valence-electron chi connectivity index (χ0n) is 15.9. The highest BCUT2D eigenvalue weighted by atomic mass is 35.5. The number of hydrogen-bond acceptors (Lipinski definition) is 7. The van der Waals surface area contributed by atoms with Crippen LogP contribution in [0.5, 0.6) is 11.5 Å². The van der Waals surface area contributed by atoms with E-state index < -0.39 is 18.1 Å². The molecule has 11 heteroatoms. The Morgan fingerprint density at radius 2 is 2.03 bits per heavy atom. The Bertz CT molecular complexity index is 1210. The van der Waals surface area contributed by atoms with Gasteiger partial charge in [-0.05, 0) is 36.3 Å². The van der Waals surface area contributed by atoms with Gasteiger partial charge < -0.3 is 19.2 Å². The van der Waals surface area contributed by atoms with Crippen molar-refractivity contribution in [3.05, 3.63) is 50.4 Å². The van der Waals surface area contributed by atoms with Gasteiger partial charge in [-0.25, -0.2) is 9.78 Å². The third kappa shape index (κ3) is 4.29. The number of fused-ring (bicyclic) bond motifs is 1. The van der Waals surface area contributed by atoms with Gasteiger partial charge in [0.1, 0.15) is 9.71 Å². The highest BCUT2D eigenvalue weighted by Crippen LogP contribution is 2.32. The number of hydrogen-bond donors (Lipinski definition) is 1. The van der Waals surface area contributed by atoms with Crippen molar-refractivity contribution in [2.75, 3.05) is 14.2 Å². The van der Waals surface area contributed by atoms with Gasteiger partial charge in [0.05, 0.1) is 24.6 Å². The van der Waals surface area contributed by atoms with Gasteiger partial charge in [-0.2, -0.15) is 8.78 Å². The third-order valence-corrected chi connectivity index (χ3v) is 5.55. The number of aryl methyl sites for hydroxylation is 1. The molecule has 30 heavy (non-hydrogen) atoms. The number of nitrogens with one attached hydrogen (secondary N) is 1. The molecule has 0 aliphatic heterocycles. The number of carbonyl (C=O) groups excluding carboxylic acids is 1. The monoisotopic (exact) mass is 456 g/mol. The summed E-state index contributed by atoms with van der Waals surface area (Å²) in [6.07, 6.45) is 1.42. The largest absolute Gasteiger partial charge is 0.493 e. The van der Waals surface area contributed by atoms with Gasteiger partial charge in [0.2, 0.25) is 0 Å². The van der Waals surface area contributed by atoms with Crippen LogP contribution in [0.3, 0.4) is 0 Å². The highest BCUT2D eigenvalue weighted by Gasteiger charge is 2.20. The summed E-state index contributed by atoms with van der Waals surface area (Å²) in [5, 5.41) is 0.318. The Morgan fingerprint density at radius 1 is 1.30 bits per heavy atom. The van der Waals surface area contributed by atoms with Crippen LogP contribution in [0.1, 0.15) is 26.6 Å². The summed E-state index contributed by atoms with van der Waals surface area (Å²) in [7, 11) is 2.57. The number of rotatable bonds is 6. The number of carbonyl (C=O) groups is 1. The molecule has 158 valence electrons. The quantitative estimate of drug-likeness (QED) is 0.552. The smallest absolute Gasteiger partial charge is 0.387 e. The molecule has 0 unspecified atom stereocenters. The summed E-state index contributed by atoms with van der Waals surface area (Å²) in [4.78, 5) is 31.8. The van der Waals surface area contributed by atoms with Crippen molar-refractivity contribution in [3.63, 3.8) is 0 Å². The minimum absolute atomic E-state index is 0.0489. The van der Waals surface area contributed by atoms with Crippen LogP contribution in [-0.2, 0) is 4.74 Å². The number of alkyl halides is 2. The van der Waals surface area contributed by atoms with E-state index in [1.165, 1.54) is 32.4 Å². The average molecular weight is 457 g/mol. The first-order valence-corrected chi connectivity index (χ1v) is 9.56. The normalized spacial score (nSPS) is 11.8. The second kappa shape index (κ2) is 8.80. The molecule has 0 saturated heterocycles. The van der Waals surface area contributed by atoms with E-state index in [-0.39, 0.29) is 32.6 Å². The molecule has 0 aliphatic carbocycles. The van der Waals surface area contributed by atoms with Crippen molar-refractivity contribution in [2.45, 2.75) is 13.5 Å². The molecule has 0 aliphatic rings. The molecule has 0 fully saturated rings.